The SMILES string of the molecule is Cn1nccc1CC(c1cnc[nH]1)c1cccc2ccn(C)c12. The molecule has 0 aliphatic carbocycles. The molecule has 0 saturated carbocycles. The van der Waals surface area contributed by atoms with Crippen LogP contribution in [0, 0.1) is 0 Å². The van der Waals surface area contributed by atoms with Crippen molar-refractivity contribution < 1.29 is 0 Å². The first kappa shape index (κ1) is 13.8. The van der Waals surface area contributed by atoms with Gasteiger partial charge in [0.2, 0.25) is 0 Å². The zero-order valence-electron chi connectivity index (χ0n) is 13.3. The molecule has 5 heteroatoms. The number of fused-ring (bicyclic) bond motifs is 1. The normalized spacial score (nSPS) is 12.8. The standard InChI is InChI=1S/C18H19N5/c1-22-9-7-13-4-3-5-15(18(13)22)16(17-11-19-12-20-17)10-14-6-8-21-23(14)2/h3-9,11-12,16H,10H2,1-2H3,(H,19,20). The number of hydrogen-bond donors (Lipinski definition) is 1. The molecule has 0 aliphatic heterocycles. The largest absolute Gasteiger partial charge is 0.350 e. The summed E-state index contributed by atoms with van der Waals surface area (Å²) in [5.74, 6) is 0.213. The van der Waals surface area contributed by atoms with E-state index in [1.54, 1.807) is 6.33 Å². The van der Waals surface area contributed by atoms with E-state index in [1.165, 1.54) is 22.2 Å². The Balaban J connectivity index is 1.87. The van der Waals surface area contributed by atoms with Gasteiger partial charge in [0.05, 0.1) is 11.8 Å². The summed E-state index contributed by atoms with van der Waals surface area (Å²) in [6.07, 6.45) is 8.51. The van der Waals surface area contributed by atoms with Crippen LogP contribution in [-0.4, -0.2) is 24.3 Å². The van der Waals surface area contributed by atoms with Gasteiger partial charge in [0.1, 0.15) is 0 Å². The van der Waals surface area contributed by atoms with Crippen molar-refractivity contribution in [3.63, 3.8) is 0 Å². The zero-order valence-corrected chi connectivity index (χ0v) is 13.3. The van der Waals surface area contributed by atoms with Crippen LogP contribution in [0.25, 0.3) is 10.9 Å². The van der Waals surface area contributed by atoms with Crippen LogP contribution in [0.2, 0.25) is 0 Å². The highest BCUT2D eigenvalue weighted by Gasteiger charge is 2.21. The van der Waals surface area contributed by atoms with Gasteiger partial charge in [0.25, 0.3) is 0 Å². The zero-order chi connectivity index (χ0) is 15.8. The summed E-state index contributed by atoms with van der Waals surface area (Å²) in [4.78, 5) is 7.52. The van der Waals surface area contributed by atoms with Gasteiger partial charge in [0.15, 0.2) is 0 Å². The monoisotopic (exact) mass is 305 g/mol. The summed E-state index contributed by atoms with van der Waals surface area (Å²) in [5, 5.41) is 5.56. The molecule has 0 radical (unpaired) electrons. The molecule has 0 saturated heterocycles. The minimum absolute atomic E-state index is 0.213. The highest BCUT2D eigenvalue weighted by Crippen LogP contribution is 2.32. The van der Waals surface area contributed by atoms with Gasteiger partial charge < -0.3 is 9.55 Å². The number of aromatic amines is 1. The quantitative estimate of drug-likeness (QED) is 0.630. The van der Waals surface area contributed by atoms with E-state index in [1.807, 2.05) is 24.1 Å². The van der Waals surface area contributed by atoms with Crippen LogP contribution in [0.3, 0.4) is 0 Å². The summed E-state index contributed by atoms with van der Waals surface area (Å²) in [6, 6.07) is 10.7. The number of rotatable bonds is 4. The number of imidazole rings is 1. The molecule has 1 N–H and O–H groups in total. The van der Waals surface area contributed by atoms with E-state index in [9.17, 15) is 0 Å². The number of aromatic nitrogens is 5. The Morgan fingerprint density at radius 2 is 2.09 bits per heavy atom. The van der Waals surface area contributed by atoms with Crippen LogP contribution >= 0.6 is 0 Å². The van der Waals surface area contributed by atoms with E-state index in [0.717, 1.165) is 12.1 Å². The predicted octanol–water partition coefficient (Wildman–Crippen LogP) is 3.01. The number of para-hydroxylation sites is 1. The van der Waals surface area contributed by atoms with E-state index in [2.05, 4.69) is 63.2 Å². The number of hydrogen-bond acceptors (Lipinski definition) is 2. The molecule has 4 rings (SSSR count). The molecule has 23 heavy (non-hydrogen) atoms. The van der Waals surface area contributed by atoms with Gasteiger partial charge in [-0.15, -0.1) is 0 Å². The smallest absolute Gasteiger partial charge is 0.0921 e. The fraction of sp³-hybridized carbons (Fsp3) is 0.222. The molecule has 1 unspecified atom stereocenters. The molecule has 0 bridgehead atoms. The van der Waals surface area contributed by atoms with Crippen LogP contribution in [0.5, 0.6) is 0 Å². The molecule has 1 atom stereocenters. The van der Waals surface area contributed by atoms with Crippen molar-refractivity contribution in [2.75, 3.05) is 0 Å². The lowest BCUT2D eigenvalue weighted by atomic mass is 9.90. The van der Waals surface area contributed by atoms with Gasteiger partial charge in [-0.2, -0.15) is 5.10 Å². The van der Waals surface area contributed by atoms with Crippen molar-refractivity contribution in [2.45, 2.75) is 12.3 Å². The molecule has 0 spiro atoms. The molecule has 5 nitrogen and oxygen atoms in total. The second kappa shape index (κ2) is 5.43. The molecule has 3 heterocycles. The third-order valence-electron chi connectivity index (χ3n) is 4.53. The van der Waals surface area contributed by atoms with Gasteiger partial charge in [-0.1, -0.05) is 18.2 Å². The predicted molar refractivity (Wildman–Crippen MR) is 90.3 cm³/mol. The topological polar surface area (TPSA) is 51.4 Å². The van der Waals surface area contributed by atoms with Gasteiger partial charge >= 0.3 is 0 Å². The van der Waals surface area contributed by atoms with Gasteiger partial charge in [-0.05, 0) is 23.1 Å². The molecule has 4 aromatic rings. The molecule has 0 amide bonds. The lowest BCUT2D eigenvalue weighted by molar-refractivity contribution is 0.668. The summed E-state index contributed by atoms with van der Waals surface area (Å²) in [5.41, 5.74) is 4.91. The Labute approximate surface area is 134 Å². The number of aryl methyl sites for hydroxylation is 2. The van der Waals surface area contributed by atoms with Crippen LogP contribution in [0.1, 0.15) is 22.9 Å². The highest BCUT2D eigenvalue weighted by atomic mass is 15.3. The minimum atomic E-state index is 0.213. The van der Waals surface area contributed by atoms with Gasteiger partial charge in [-0.3, -0.25) is 4.68 Å². The maximum atomic E-state index is 4.30. The highest BCUT2D eigenvalue weighted by molar-refractivity contribution is 5.84. The first-order valence-corrected chi connectivity index (χ1v) is 7.73. The van der Waals surface area contributed by atoms with Crippen LogP contribution in [0.4, 0.5) is 0 Å². The summed E-state index contributed by atoms with van der Waals surface area (Å²) >= 11 is 0. The summed E-state index contributed by atoms with van der Waals surface area (Å²) in [7, 11) is 4.09. The van der Waals surface area contributed by atoms with Crippen LogP contribution in [0.15, 0.2) is 55.2 Å². The molecule has 0 fully saturated rings. The second-order valence-corrected chi connectivity index (χ2v) is 5.92. The maximum Gasteiger partial charge on any atom is 0.0921 e. The molecule has 116 valence electrons. The molecule has 3 aromatic heterocycles. The van der Waals surface area contributed by atoms with Gasteiger partial charge in [-0.25, -0.2) is 4.98 Å². The van der Waals surface area contributed by atoms with Crippen molar-refractivity contribution in [1.29, 1.82) is 0 Å². The van der Waals surface area contributed by atoms with Crippen molar-refractivity contribution in [1.82, 2.24) is 24.3 Å². The third kappa shape index (κ3) is 2.34. The lowest BCUT2D eigenvalue weighted by Gasteiger charge is -2.18. The van der Waals surface area contributed by atoms with Gasteiger partial charge in [0, 0.05) is 56.4 Å². The molecular weight excluding hydrogens is 286 g/mol. The van der Waals surface area contributed by atoms with E-state index in [0.29, 0.717) is 0 Å². The van der Waals surface area contributed by atoms with Crippen molar-refractivity contribution >= 4 is 10.9 Å². The number of nitrogens with one attached hydrogen (secondary N) is 1. The third-order valence-corrected chi connectivity index (χ3v) is 4.53. The Bertz CT molecular complexity index is 930. The fourth-order valence-electron chi connectivity index (χ4n) is 3.32. The lowest BCUT2D eigenvalue weighted by Crippen LogP contribution is -2.10. The Morgan fingerprint density at radius 1 is 1.17 bits per heavy atom. The van der Waals surface area contributed by atoms with E-state index in [-0.39, 0.29) is 5.92 Å². The Kier molecular flexibility index (Phi) is 3.26. The minimum Gasteiger partial charge on any atom is -0.350 e. The number of nitrogens with zero attached hydrogens (tertiary/aromatic N) is 4. The van der Waals surface area contributed by atoms with E-state index in [4.69, 9.17) is 0 Å². The maximum absolute atomic E-state index is 4.30. The van der Waals surface area contributed by atoms with Crippen molar-refractivity contribution in [3.8, 4) is 0 Å². The van der Waals surface area contributed by atoms with Crippen LogP contribution in [-0.2, 0) is 20.5 Å². The number of benzene rings is 1. The summed E-state index contributed by atoms with van der Waals surface area (Å²) in [6.45, 7) is 0. The van der Waals surface area contributed by atoms with E-state index >= 15 is 0 Å². The Morgan fingerprint density at radius 3 is 2.83 bits per heavy atom. The first-order valence-electron chi connectivity index (χ1n) is 7.73. The molecular formula is C18H19N5. The average Bonchev–Trinajstić information content (AvgIpc) is 3.28. The van der Waals surface area contributed by atoms with Crippen molar-refractivity contribution in [2.24, 2.45) is 14.1 Å². The average molecular weight is 305 g/mol. The van der Waals surface area contributed by atoms with Crippen molar-refractivity contribution in [3.05, 3.63) is 72.2 Å². The fourth-order valence-corrected chi connectivity index (χ4v) is 3.32. The Hall–Kier alpha value is -2.82. The first-order chi connectivity index (χ1) is 11.2. The summed E-state index contributed by atoms with van der Waals surface area (Å²) < 4.78 is 4.13. The second-order valence-electron chi connectivity index (χ2n) is 5.92. The number of H-pyrrole nitrogens is 1. The van der Waals surface area contributed by atoms with E-state index < -0.39 is 0 Å². The molecule has 1 aromatic carbocycles. The molecule has 0 aliphatic rings. The van der Waals surface area contributed by atoms with Crippen LogP contribution < -0.4 is 0 Å².